The van der Waals surface area contributed by atoms with Crippen LogP contribution in [0, 0.1) is 10.1 Å². The molecule has 6 fully saturated rings. The third-order valence-corrected chi connectivity index (χ3v) is 16.0. The van der Waals surface area contributed by atoms with Crippen molar-refractivity contribution in [3.63, 3.8) is 0 Å². The molecule has 8 aliphatic rings. The summed E-state index contributed by atoms with van der Waals surface area (Å²) in [6, 6.07) is 12.4. The van der Waals surface area contributed by atoms with Crippen molar-refractivity contribution in [3.05, 3.63) is 143 Å². The van der Waals surface area contributed by atoms with Gasteiger partial charge >= 0.3 is 15.6 Å². The number of carbonyl (C=O) groups excluding carboxylic acids is 2. The maximum atomic E-state index is 13.2. The average molecular weight is 1130 g/mol. The minimum absolute atomic E-state index is 0.0886. The van der Waals surface area contributed by atoms with Crippen LogP contribution in [0.2, 0.25) is 0 Å². The van der Waals surface area contributed by atoms with E-state index in [9.17, 15) is 33.9 Å². The molecule has 10 heterocycles. The first kappa shape index (κ1) is 56.9. The van der Waals surface area contributed by atoms with Crippen LogP contribution in [0.5, 0.6) is 5.75 Å². The number of pyridine rings is 2. The summed E-state index contributed by atoms with van der Waals surface area (Å²) in [5.41, 5.74) is 13.2. The third-order valence-electron chi connectivity index (χ3n) is 13.0. The number of hydrogen-bond acceptors (Lipinski definition) is 23. The number of nitrogens with zero attached hydrogens (tertiary/aromatic N) is 5. The summed E-state index contributed by atoms with van der Waals surface area (Å²) in [4.78, 5) is 44.7. The lowest BCUT2D eigenvalue weighted by molar-refractivity contribution is -0.384. The van der Waals surface area contributed by atoms with Gasteiger partial charge in [0.2, 0.25) is 11.8 Å². The van der Waals surface area contributed by atoms with E-state index in [-0.39, 0.29) is 50.1 Å². The first-order valence-electron chi connectivity index (χ1n) is 25.0. The molecular weight excluding hydrogens is 1060 g/mol. The summed E-state index contributed by atoms with van der Waals surface area (Å²) in [6.07, 6.45) is 14.5. The number of nitrogens with two attached hydrogens (primary N) is 2. The molecule has 12 atom stereocenters. The molecular formula is C50H61N7O19P2. The predicted octanol–water partition coefficient (Wildman–Crippen LogP) is 5.99. The van der Waals surface area contributed by atoms with Gasteiger partial charge in [0, 0.05) is 85.7 Å². The number of nitro benzene ring substituents is 1. The average Bonchev–Trinajstić information content (AvgIpc) is 4.14. The van der Waals surface area contributed by atoms with Gasteiger partial charge in [-0.25, -0.2) is 9.13 Å². The molecule has 0 radical (unpaired) electrons. The molecule has 8 aliphatic heterocycles. The van der Waals surface area contributed by atoms with E-state index in [0.717, 1.165) is 11.1 Å². The van der Waals surface area contributed by atoms with Gasteiger partial charge in [-0.3, -0.25) is 52.3 Å². The Bertz CT molecular complexity index is 2860. The first-order chi connectivity index (χ1) is 37.2. The van der Waals surface area contributed by atoms with E-state index < -0.39 is 93.0 Å². The molecule has 26 nitrogen and oxygen atoms in total. The van der Waals surface area contributed by atoms with Crippen molar-refractivity contribution in [1.82, 2.24) is 19.8 Å². The van der Waals surface area contributed by atoms with Crippen molar-refractivity contribution in [3.8, 4) is 5.75 Å². The number of fused-ring (bicyclic) bond motifs is 2. The fourth-order valence-electron chi connectivity index (χ4n) is 9.53. The SMILES string of the molecule is CC1(C)O[C@@H]2[C@H](O1)C(CO)O[C@H]2N1C=CCC(C(N)=O)=C1.CC1(C)O[C@@H]2[C@H](O1)C(COP1(=O)OCCC(c3cccnc3)O1)O[C@H]2N1C=CCC(C(N)=O)=C1.O=[N+]([O-])c1ccc(OP2(=O)OCCC(c3cccnc3)O2)cc1. The minimum Gasteiger partial charge on any atom is -0.404 e. The molecule has 0 saturated carbocycles. The van der Waals surface area contributed by atoms with Gasteiger partial charge < -0.3 is 59.3 Å². The zero-order chi connectivity index (χ0) is 55.4. The number of non-ortho nitro benzene ring substituents is 1. The molecule has 5 N–H and O–H groups in total. The Kier molecular flexibility index (Phi) is 17.4. The quantitative estimate of drug-likeness (QED) is 0.101. The number of allylic oxidation sites excluding steroid dienone is 2. The van der Waals surface area contributed by atoms with Crippen LogP contribution in [0.3, 0.4) is 0 Å². The Labute approximate surface area is 448 Å². The number of aliphatic hydroxyl groups excluding tert-OH is 1. The van der Waals surface area contributed by atoms with Crippen LogP contribution in [0.15, 0.2) is 121 Å². The molecule has 6 saturated heterocycles. The summed E-state index contributed by atoms with van der Waals surface area (Å²) in [7, 11) is -7.63. The Morgan fingerprint density at radius 2 is 1.21 bits per heavy atom. The van der Waals surface area contributed by atoms with Crippen molar-refractivity contribution >= 4 is 33.1 Å². The molecule has 420 valence electrons. The molecule has 3 aromatic rings. The van der Waals surface area contributed by atoms with E-state index in [1.807, 2.05) is 58.2 Å². The third kappa shape index (κ3) is 13.6. The molecule has 28 heteroatoms. The zero-order valence-electron chi connectivity index (χ0n) is 42.9. The van der Waals surface area contributed by atoms with Gasteiger partial charge in [-0.2, -0.15) is 0 Å². The lowest BCUT2D eigenvalue weighted by Crippen LogP contribution is -2.40. The Hall–Kier alpha value is -5.80. The topological polar surface area (TPSA) is 327 Å². The van der Waals surface area contributed by atoms with E-state index in [1.54, 1.807) is 65.3 Å². The number of phosphoric ester groups is 2. The number of benzene rings is 1. The van der Waals surface area contributed by atoms with Crippen molar-refractivity contribution in [1.29, 1.82) is 0 Å². The number of aliphatic hydroxyl groups is 1. The summed E-state index contributed by atoms with van der Waals surface area (Å²) in [6.45, 7) is 7.46. The molecule has 2 amide bonds. The number of hydrogen-bond donors (Lipinski definition) is 3. The number of rotatable bonds is 13. The second-order valence-electron chi connectivity index (χ2n) is 19.6. The van der Waals surface area contributed by atoms with Gasteiger partial charge in [-0.05, 0) is 75.9 Å². The van der Waals surface area contributed by atoms with Crippen LogP contribution in [0.25, 0.3) is 0 Å². The minimum atomic E-state index is -3.84. The largest absolute Gasteiger partial charge is 0.530 e. The van der Waals surface area contributed by atoms with Crippen molar-refractivity contribution in [2.45, 2.75) is 126 Å². The molecule has 6 unspecified atom stereocenters. The lowest BCUT2D eigenvalue weighted by atomic mass is 10.1. The molecule has 78 heavy (non-hydrogen) atoms. The van der Waals surface area contributed by atoms with Crippen molar-refractivity contribution < 1.29 is 84.3 Å². The number of primary amides is 2. The van der Waals surface area contributed by atoms with Gasteiger partial charge in [0.15, 0.2) is 24.0 Å². The lowest BCUT2D eigenvalue weighted by Gasteiger charge is -2.32. The van der Waals surface area contributed by atoms with Crippen LogP contribution in [-0.4, -0.2) is 129 Å². The smallest absolute Gasteiger partial charge is 0.404 e. The number of phosphoric acid groups is 2. The van der Waals surface area contributed by atoms with Crippen LogP contribution in [0.4, 0.5) is 5.69 Å². The number of aromatic nitrogens is 2. The highest BCUT2D eigenvalue weighted by Crippen LogP contribution is 2.58. The number of amides is 2. The zero-order valence-corrected chi connectivity index (χ0v) is 44.7. The normalized spacial score (nSPS) is 33.2. The Morgan fingerprint density at radius 3 is 1.68 bits per heavy atom. The van der Waals surface area contributed by atoms with Crippen LogP contribution in [-0.2, 0) is 69.8 Å². The summed E-state index contributed by atoms with van der Waals surface area (Å²) in [5, 5.41) is 20.1. The highest BCUT2D eigenvalue weighted by atomic mass is 31.2. The number of ether oxygens (including phenoxy) is 6. The molecule has 0 spiro atoms. The van der Waals surface area contributed by atoms with Crippen molar-refractivity contribution in [2.24, 2.45) is 11.5 Å². The number of carbonyl (C=O) groups is 2. The molecule has 1 aromatic carbocycles. The van der Waals surface area contributed by atoms with Gasteiger partial charge in [0.05, 0.1) is 43.6 Å². The van der Waals surface area contributed by atoms with Crippen LogP contribution in [0.1, 0.15) is 76.7 Å². The van der Waals surface area contributed by atoms with E-state index >= 15 is 0 Å². The summed E-state index contributed by atoms with van der Waals surface area (Å²) in [5.74, 6) is -2.35. The van der Waals surface area contributed by atoms with Crippen LogP contribution >= 0.6 is 15.6 Å². The second kappa shape index (κ2) is 23.9. The fourth-order valence-corrected chi connectivity index (χ4v) is 12.3. The Morgan fingerprint density at radius 1 is 0.731 bits per heavy atom. The highest BCUT2D eigenvalue weighted by molar-refractivity contribution is 7.49. The predicted molar refractivity (Wildman–Crippen MR) is 270 cm³/mol. The number of nitro groups is 1. The second-order valence-corrected chi connectivity index (χ2v) is 22.8. The Balaban J connectivity index is 0.000000148. The van der Waals surface area contributed by atoms with Gasteiger partial charge in [0.1, 0.15) is 42.4 Å². The fraction of sp³-hybridized carbons (Fsp3) is 0.480. The molecule has 11 rings (SSSR count). The maximum absolute atomic E-state index is 13.2. The molecule has 2 aromatic heterocycles. The monoisotopic (exact) mass is 1130 g/mol. The summed E-state index contributed by atoms with van der Waals surface area (Å²) >= 11 is 0. The molecule has 0 aliphatic carbocycles. The van der Waals surface area contributed by atoms with Gasteiger partial charge in [-0.1, -0.05) is 24.3 Å². The maximum Gasteiger partial charge on any atom is 0.530 e. The molecule has 0 bridgehead atoms. The standard InChI is InChI=1S/C22H28N3O8P.C14H13N2O6P.C14H20N2O5/c1-22(2)31-18-17(30-21(19(18)32-22)25-9-4-6-15(12-25)20(23)26)13-29-34(27)28-10-7-16(33-34)14-5-3-8-24-11-14;17-16(18)12-3-5-13(6-4-12)21-23(19)20-9-7-14(22-23)11-2-1-8-15-10-11;1-14(2)20-10-9(7-17)19-13(11(10)21-14)16-5-3-4-8(6-16)12(15)18/h3-5,8-9,11-12,16-19,21H,6-7,10,13H2,1-2H3,(H2,23,26);1-6,8,10,14H,7,9H2;3,5-6,9-11,13,17H,4,7H2,1-2H3,(H2,15,18)/t16?,17?,18-,19-,21-,34?;;9?,10-,11-,13-/m1.1/s1. The highest BCUT2D eigenvalue weighted by Gasteiger charge is 2.58. The van der Waals surface area contributed by atoms with Crippen molar-refractivity contribution in [2.75, 3.05) is 26.4 Å². The van der Waals surface area contributed by atoms with E-state index in [2.05, 4.69) is 9.97 Å². The van der Waals surface area contributed by atoms with Gasteiger partial charge in [-0.15, -0.1) is 0 Å². The van der Waals surface area contributed by atoms with E-state index in [4.69, 9.17) is 67.0 Å². The van der Waals surface area contributed by atoms with E-state index in [1.165, 1.54) is 24.3 Å². The van der Waals surface area contributed by atoms with E-state index in [0.29, 0.717) is 36.8 Å². The summed E-state index contributed by atoms with van der Waals surface area (Å²) < 4.78 is 94.4. The van der Waals surface area contributed by atoms with Crippen LogP contribution < -0.4 is 16.0 Å². The first-order valence-corrected chi connectivity index (χ1v) is 27.9. The van der Waals surface area contributed by atoms with Gasteiger partial charge in [0.25, 0.3) is 5.69 Å².